The van der Waals surface area contributed by atoms with Gasteiger partial charge in [0.1, 0.15) is 0 Å². The predicted octanol–water partition coefficient (Wildman–Crippen LogP) is 0.227. The molecule has 2 atom stereocenters. The molecule has 1 aliphatic carbocycles. The van der Waals surface area contributed by atoms with Crippen LogP contribution in [0, 0.1) is 11.8 Å². The van der Waals surface area contributed by atoms with Crippen molar-refractivity contribution in [2.24, 2.45) is 17.6 Å². The lowest BCUT2D eigenvalue weighted by Crippen LogP contribution is -2.08. The van der Waals surface area contributed by atoms with Gasteiger partial charge >= 0.3 is 5.97 Å². The fraction of sp³-hybridized carbons (Fsp3) is 0.556. The highest BCUT2D eigenvalue weighted by atomic mass is 16.5. The van der Waals surface area contributed by atoms with E-state index < -0.39 is 5.91 Å². The largest absolute Gasteiger partial charge is 0.466 e. The van der Waals surface area contributed by atoms with Crippen LogP contribution in [-0.2, 0) is 14.3 Å². The molecule has 0 aromatic heterocycles. The van der Waals surface area contributed by atoms with Crippen molar-refractivity contribution in [1.82, 2.24) is 0 Å². The van der Waals surface area contributed by atoms with Gasteiger partial charge in [0, 0.05) is 0 Å². The third-order valence-electron chi connectivity index (χ3n) is 1.94. The number of hydrogen-bond acceptors (Lipinski definition) is 3. The second-order valence-corrected chi connectivity index (χ2v) is 3.02. The molecule has 4 heteroatoms. The van der Waals surface area contributed by atoms with Gasteiger partial charge in [-0.2, -0.15) is 0 Å². The second kappa shape index (κ2) is 4.07. The molecule has 1 rings (SSSR count). The minimum absolute atomic E-state index is 0.0597. The summed E-state index contributed by atoms with van der Waals surface area (Å²) in [7, 11) is 0. The summed E-state index contributed by atoms with van der Waals surface area (Å²) in [5.74, 6) is -0.571. The van der Waals surface area contributed by atoms with Gasteiger partial charge in [0.25, 0.3) is 0 Å². The van der Waals surface area contributed by atoms with Crippen LogP contribution < -0.4 is 5.73 Å². The van der Waals surface area contributed by atoms with Crippen LogP contribution in [0.25, 0.3) is 0 Å². The second-order valence-electron chi connectivity index (χ2n) is 3.02. The zero-order valence-corrected chi connectivity index (χ0v) is 7.53. The molecule has 0 aliphatic heterocycles. The number of rotatable bonds is 4. The van der Waals surface area contributed by atoms with Crippen LogP contribution in [0.1, 0.15) is 13.3 Å². The summed E-state index contributed by atoms with van der Waals surface area (Å²) in [4.78, 5) is 21.4. The Bertz CT molecular complexity index is 247. The monoisotopic (exact) mass is 183 g/mol. The molecule has 0 heterocycles. The van der Waals surface area contributed by atoms with E-state index >= 15 is 0 Å². The Kier molecular flexibility index (Phi) is 3.06. The minimum atomic E-state index is -0.477. The fourth-order valence-electron chi connectivity index (χ4n) is 1.17. The molecule has 0 saturated heterocycles. The lowest BCUT2D eigenvalue weighted by atomic mass is 10.3. The molecule has 0 aromatic rings. The van der Waals surface area contributed by atoms with E-state index in [9.17, 15) is 9.59 Å². The average molecular weight is 183 g/mol. The van der Waals surface area contributed by atoms with Crippen molar-refractivity contribution >= 4 is 11.9 Å². The Morgan fingerprint density at radius 1 is 1.62 bits per heavy atom. The molecule has 0 radical (unpaired) electrons. The van der Waals surface area contributed by atoms with Crippen LogP contribution in [0.3, 0.4) is 0 Å². The Morgan fingerprint density at radius 2 is 2.31 bits per heavy atom. The van der Waals surface area contributed by atoms with Crippen molar-refractivity contribution in [3.05, 3.63) is 12.2 Å². The Balaban J connectivity index is 2.30. The molecule has 0 unspecified atom stereocenters. The summed E-state index contributed by atoms with van der Waals surface area (Å²) < 4.78 is 4.81. The average Bonchev–Trinajstić information content (AvgIpc) is 2.80. The SMILES string of the molecule is CCOC(=O)[C@@H]1C[C@H]1/C=C\C(N)=O. The molecule has 13 heavy (non-hydrogen) atoms. The number of esters is 1. The van der Waals surface area contributed by atoms with E-state index in [2.05, 4.69) is 0 Å². The van der Waals surface area contributed by atoms with Crippen molar-refractivity contribution in [2.75, 3.05) is 6.61 Å². The van der Waals surface area contributed by atoms with Crippen LogP contribution in [0.15, 0.2) is 12.2 Å². The normalized spacial score (nSPS) is 25.9. The first-order valence-electron chi connectivity index (χ1n) is 4.29. The van der Waals surface area contributed by atoms with E-state index in [1.165, 1.54) is 6.08 Å². The molecule has 1 aliphatic rings. The summed E-state index contributed by atoms with van der Waals surface area (Å²) >= 11 is 0. The summed E-state index contributed by atoms with van der Waals surface area (Å²) in [6.45, 7) is 2.18. The first-order chi connectivity index (χ1) is 6.15. The Morgan fingerprint density at radius 3 is 2.85 bits per heavy atom. The molecule has 1 amide bonds. The number of nitrogens with two attached hydrogens (primary N) is 1. The standard InChI is InChI=1S/C9H13NO3/c1-2-13-9(12)7-5-6(7)3-4-8(10)11/h3-4,6-7H,2,5H2,1H3,(H2,10,11)/b4-3-/t6-,7-/m1/s1. The smallest absolute Gasteiger partial charge is 0.309 e. The molecular formula is C9H13NO3. The highest BCUT2D eigenvalue weighted by molar-refractivity contribution is 5.86. The minimum Gasteiger partial charge on any atom is -0.466 e. The molecular weight excluding hydrogens is 170 g/mol. The van der Waals surface area contributed by atoms with Crippen molar-refractivity contribution in [3.8, 4) is 0 Å². The van der Waals surface area contributed by atoms with Gasteiger partial charge in [0.05, 0.1) is 12.5 Å². The van der Waals surface area contributed by atoms with Crippen molar-refractivity contribution < 1.29 is 14.3 Å². The number of allylic oxidation sites excluding steroid dienone is 1. The van der Waals surface area contributed by atoms with Gasteiger partial charge in [0.15, 0.2) is 0 Å². The summed E-state index contributed by atoms with van der Waals surface area (Å²) in [6.07, 6.45) is 3.73. The van der Waals surface area contributed by atoms with Gasteiger partial charge in [-0.25, -0.2) is 0 Å². The maximum Gasteiger partial charge on any atom is 0.309 e. The number of carbonyl (C=O) groups is 2. The van der Waals surface area contributed by atoms with Crippen molar-refractivity contribution in [2.45, 2.75) is 13.3 Å². The molecule has 0 bridgehead atoms. The third-order valence-corrected chi connectivity index (χ3v) is 1.94. The third kappa shape index (κ3) is 2.89. The van der Waals surface area contributed by atoms with Gasteiger partial charge in [-0.1, -0.05) is 6.08 Å². The number of amides is 1. The van der Waals surface area contributed by atoms with Crippen LogP contribution in [-0.4, -0.2) is 18.5 Å². The molecule has 0 aromatic carbocycles. The summed E-state index contributed by atoms with van der Waals surface area (Å²) in [5.41, 5.74) is 4.91. The maximum absolute atomic E-state index is 11.1. The van der Waals surface area contributed by atoms with E-state index in [1.54, 1.807) is 13.0 Å². The van der Waals surface area contributed by atoms with Gasteiger partial charge in [-0.05, 0) is 25.3 Å². The van der Waals surface area contributed by atoms with Crippen LogP contribution in [0.5, 0.6) is 0 Å². The predicted molar refractivity (Wildman–Crippen MR) is 46.6 cm³/mol. The molecule has 1 fully saturated rings. The summed E-state index contributed by atoms with van der Waals surface area (Å²) in [6, 6.07) is 0. The maximum atomic E-state index is 11.1. The zero-order chi connectivity index (χ0) is 9.84. The highest BCUT2D eigenvalue weighted by Gasteiger charge is 2.42. The van der Waals surface area contributed by atoms with E-state index in [4.69, 9.17) is 10.5 Å². The van der Waals surface area contributed by atoms with E-state index in [0.29, 0.717) is 6.61 Å². The van der Waals surface area contributed by atoms with Gasteiger partial charge in [-0.15, -0.1) is 0 Å². The zero-order valence-electron chi connectivity index (χ0n) is 7.53. The molecule has 0 spiro atoms. The highest BCUT2D eigenvalue weighted by Crippen LogP contribution is 2.40. The number of primary amides is 1. The van der Waals surface area contributed by atoms with Gasteiger partial charge in [-0.3, -0.25) is 9.59 Å². The van der Waals surface area contributed by atoms with Crippen LogP contribution in [0.4, 0.5) is 0 Å². The van der Waals surface area contributed by atoms with Gasteiger partial charge < -0.3 is 10.5 Å². The Labute approximate surface area is 76.7 Å². The first kappa shape index (κ1) is 9.77. The van der Waals surface area contributed by atoms with E-state index in [0.717, 1.165) is 6.42 Å². The quantitative estimate of drug-likeness (QED) is 0.501. The lowest BCUT2D eigenvalue weighted by molar-refractivity contribution is -0.144. The topological polar surface area (TPSA) is 69.4 Å². The van der Waals surface area contributed by atoms with Crippen molar-refractivity contribution in [3.63, 3.8) is 0 Å². The van der Waals surface area contributed by atoms with E-state index in [1.807, 2.05) is 0 Å². The number of carbonyl (C=O) groups excluding carboxylic acids is 2. The molecule has 72 valence electrons. The Hall–Kier alpha value is -1.32. The lowest BCUT2D eigenvalue weighted by Gasteiger charge is -1.97. The van der Waals surface area contributed by atoms with Gasteiger partial charge in [0.2, 0.25) is 5.91 Å². The van der Waals surface area contributed by atoms with E-state index in [-0.39, 0.29) is 17.8 Å². The first-order valence-corrected chi connectivity index (χ1v) is 4.29. The van der Waals surface area contributed by atoms with Crippen LogP contribution >= 0.6 is 0 Å². The number of ether oxygens (including phenoxy) is 1. The fourth-order valence-corrected chi connectivity index (χ4v) is 1.17. The molecule has 4 nitrogen and oxygen atoms in total. The molecule has 2 N–H and O–H groups in total. The molecule has 1 saturated carbocycles. The van der Waals surface area contributed by atoms with Crippen molar-refractivity contribution in [1.29, 1.82) is 0 Å². The van der Waals surface area contributed by atoms with Crippen LogP contribution in [0.2, 0.25) is 0 Å². The number of hydrogen-bond donors (Lipinski definition) is 1. The summed E-state index contributed by atoms with van der Waals surface area (Å²) in [5, 5.41) is 0.